The van der Waals surface area contributed by atoms with Crippen LogP contribution >= 0.6 is 11.6 Å². The van der Waals surface area contributed by atoms with Crippen molar-refractivity contribution >= 4 is 22.8 Å². The summed E-state index contributed by atoms with van der Waals surface area (Å²) in [6.45, 7) is 8.26. The van der Waals surface area contributed by atoms with E-state index in [1.165, 1.54) is 11.9 Å². The lowest BCUT2D eigenvalue weighted by molar-refractivity contribution is 0.0285. The molecule has 1 N–H and O–H groups in total. The highest BCUT2D eigenvalue weighted by Gasteiger charge is 2.41. The first kappa shape index (κ1) is 23.6. The topological polar surface area (TPSA) is 82.3 Å². The molecular formula is C27H29ClN4O3. The van der Waals surface area contributed by atoms with Crippen LogP contribution in [0.3, 0.4) is 0 Å². The average Bonchev–Trinajstić information content (AvgIpc) is 3.40. The van der Waals surface area contributed by atoms with Crippen molar-refractivity contribution in [2.45, 2.75) is 58.3 Å². The van der Waals surface area contributed by atoms with Crippen molar-refractivity contribution in [3.05, 3.63) is 64.9 Å². The second kappa shape index (κ2) is 8.81. The Hall–Kier alpha value is -3.16. The maximum Gasteiger partial charge on any atom is 0.245 e. The summed E-state index contributed by atoms with van der Waals surface area (Å²) in [6, 6.07) is 13.8. The summed E-state index contributed by atoms with van der Waals surface area (Å²) in [6.07, 6.45) is 3.51. The number of hydrogen-bond donors (Lipinski definition) is 1. The highest BCUT2D eigenvalue weighted by Crippen LogP contribution is 2.41. The van der Waals surface area contributed by atoms with E-state index in [1.54, 1.807) is 19.9 Å². The molecule has 8 heteroatoms. The second-order valence-corrected chi connectivity index (χ2v) is 10.6. The average molecular weight is 493 g/mol. The molecule has 2 heterocycles. The van der Waals surface area contributed by atoms with Crippen LogP contribution in [0.15, 0.2) is 48.8 Å². The quantitative estimate of drug-likeness (QED) is 0.345. The van der Waals surface area contributed by atoms with E-state index in [4.69, 9.17) is 26.1 Å². The molecule has 1 saturated carbocycles. The third-order valence-electron chi connectivity index (χ3n) is 5.99. The van der Waals surface area contributed by atoms with E-state index in [0.29, 0.717) is 40.2 Å². The lowest BCUT2D eigenvalue weighted by Crippen LogP contribution is -2.27. The van der Waals surface area contributed by atoms with E-state index < -0.39 is 5.60 Å². The number of hydrogen-bond acceptors (Lipinski definition) is 6. The van der Waals surface area contributed by atoms with Crippen LogP contribution in [0.25, 0.3) is 22.6 Å². The van der Waals surface area contributed by atoms with Gasteiger partial charge in [-0.05, 0) is 64.3 Å². The molecule has 0 unspecified atom stereocenters. The summed E-state index contributed by atoms with van der Waals surface area (Å²) in [4.78, 5) is 13.9. The van der Waals surface area contributed by atoms with Crippen molar-refractivity contribution in [3.63, 3.8) is 0 Å². The first-order valence-electron chi connectivity index (χ1n) is 11.7. The van der Waals surface area contributed by atoms with Crippen LogP contribution < -0.4 is 9.47 Å². The second-order valence-electron chi connectivity index (χ2n) is 10.2. The monoisotopic (exact) mass is 492 g/mol. The normalized spacial score (nSPS) is 14.8. The van der Waals surface area contributed by atoms with Gasteiger partial charge in [-0.15, -0.1) is 0 Å². The fourth-order valence-corrected chi connectivity index (χ4v) is 4.13. The third-order valence-corrected chi connectivity index (χ3v) is 6.31. The first-order chi connectivity index (χ1) is 16.6. The zero-order valence-corrected chi connectivity index (χ0v) is 21.1. The van der Waals surface area contributed by atoms with E-state index >= 15 is 0 Å². The van der Waals surface area contributed by atoms with Gasteiger partial charge in [0.2, 0.25) is 5.88 Å². The Kier molecular flexibility index (Phi) is 5.93. The molecule has 5 rings (SSSR count). The van der Waals surface area contributed by atoms with Crippen LogP contribution in [0.2, 0.25) is 5.02 Å². The Balaban J connectivity index is 1.60. The van der Waals surface area contributed by atoms with Gasteiger partial charge in [0.05, 0.1) is 17.2 Å². The molecule has 2 aromatic heterocycles. The van der Waals surface area contributed by atoms with Crippen LogP contribution in [0, 0.1) is 6.92 Å². The summed E-state index contributed by atoms with van der Waals surface area (Å²) >= 11 is 6.73. The number of benzene rings is 2. The van der Waals surface area contributed by atoms with Crippen LogP contribution in [-0.4, -0.2) is 42.4 Å². The van der Waals surface area contributed by atoms with Crippen molar-refractivity contribution in [1.29, 1.82) is 0 Å². The summed E-state index contributed by atoms with van der Waals surface area (Å²) in [5.74, 6) is 1.74. The van der Waals surface area contributed by atoms with E-state index in [2.05, 4.69) is 42.0 Å². The molecule has 0 saturated heterocycles. The smallest absolute Gasteiger partial charge is 0.245 e. The first-order valence-corrected chi connectivity index (χ1v) is 12.1. The Bertz CT molecular complexity index is 1390. The van der Waals surface area contributed by atoms with Gasteiger partial charge in [-0.3, -0.25) is 0 Å². The number of aliphatic hydroxyl groups is 1. The summed E-state index contributed by atoms with van der Waals surface area (Å²) in [5, 5.41) is 10.5. The number of aromatic nitrogens is 4. The van der Waals surface area contributed by atoms with Crippen molar-refractivity contribution in [2.24, 2.45) is 0 Å². The van der Waals surface area contributed by atoms with Crippen LogP contribution in [-0.2, 0) is 6.54 Å². The van der Waals surface area contributed by atoms with E-state index in [0.717, 1.165) is 24.0 Å². The molecule has 0 atom stereocenters. The van der Waals surface area contributed by atoms with Gasteiger partial charge in [0, 0.05) is 5.56 Å². The van der Waals surface area contributed by atoms with Gasteiger partial charge < -0.3 is 19.1 Å². The SMILES string of the molecule is Cc1cccc(Cn2c(-c3ccc(OCC(C)(C)O)cc3Cl)nc3c(OC4(C)CC4)ncnc32)c1. The standard InChI is InChI=1S/C27H29ClN4O3/c1-17-6-5-7-18(12-17)14-32-23(20-9-8-19(13-21(20)28)34-15-26(2,3)33)31-22-24(32)29-16-30-25(22)35-27(4)10-11-27/h5-9,12-13,16,33H,10-11,14-15H2,1-4H3. The fraction of sp³-hybridized carbons (Fsp3) is 0.370. The molecule has 7 nitrogen and oxygen atoms in total. The van der Waals surface area contributed by atoms with Crippen LogP contribution in [0.1, 0.15) is 44.7 Å². The van der Waals surface area contributed by atoms with Crippen LogP contribution in [0.5, 0.6) is 11.6 Å². The van der Waals surface area contributed by atoms with Gasteiger partial charge in [-0.2, -0.15) is 4.98 Å². The lowest BCUT2D eigenvalue weighted by Gasteiger charge is -2.18. The molecule has 182 valence electrons. The fourth-order valence-electron chi connectivity index (χ4n) is 3.88. The number of rotatable bonds is 8. The molecule has 0 radical (unpaired) electrons. The van der Waals surface area contributed by atoms with Gasteiger partial charge in [0.15, 0.2) is 11.2 Å². The lowest BCUT2D eigenvalue weighted by atomic mass is 10.1. The molecule has 1 aliphatic carbocycles. The number of imidazole rings is 1. The molecular weight excluding hydrogens is 464 g/mol. The number of aryl methyl sites for hydroxylation is 1. The highest BCUT2D eigenvalue weighted by atomic mass is 35.5. The summed E-state index contributed by atoms with van der Waals surface area (Å²) in [5.41, 5.74) is 3.22. The van der Waals surface area contributed by atoms with Gasteiger partial charge in [0.1, 0.15) is 30.1 Å². The maximum atomic E-state index is 9.97. The molecule has 1 fully saturated rings. The summed E-state index contributed by atoms with van der Waals surface area (Å²) < 4.78 is 14.0. The molecule has 35 heavy (non-hydrogen) atoms. The van der Waals surface area contributed by atoms with Crippen molar-refractivity contribution in [2.75, 3.05) is 6.61 Å². The predicted molar refractivity (Wildman–Crippen MR) is 136 cm³/mol. The van der Waals surface area contributed by atoms with Gasteiger partial charge >= 0.3 is 0 Å². The Labute approximate surface area is 209 Å². The molecule has 4 aromatic rings. The minimum Gasteiger partial charge on any atom is -0.491 e. The minimum atomic E-state index is -0.944. The van der Waals surface area contributed by atoms with Gasteiger partial charge in [-0.25, -0.2) is 9.97 Å². The maximum absolute atomic E-state index is 9.97. The molecule has 0 bridgehead atoms. The molecule has 2 aromatic carbocycles. The molecule has 0 aliphatic heterocycles. The van der Waals surface area contributed by atoms with E-state index in [-0.39, 0.29) is 12.2 Å². The number of ether oxygens (including phenoxy) is 2. The van der Waals surface area contributed by atoms with Crippen molar-refractivity contribution in [1.82, 2.24) is 19.5 Å². The van der Waals surface area contributed by atoms with Crippen LogP contribution in [0.4, 0.5) is 0 Å². The largest absolute Gasteiger partial charge is 0.491 e. The minimum absolute atomic E-state index is 0.156. The zero-order valence-electron chi connectivity index (χ0n) is 20.4. The number of nitrogens with zero attached hydrogens (tertiary/aromatic N) is 4. The van der Waals surface area contributed by atoms with Crippen molar-refractivity contribution < 1.29 is 14.6 Å². The van der Waals surface area contributed by atoms with E-state index in [1.807, 2.05) is 22.8 Å². The number of halogens is 1. The predicted octanol–water partition coefficient (Wildman–Crippen LogP) is 5.58. The van der Waals surface area contributed by atoms with Gasteiger partial charge in [0.25, 0.3) is 0 Å². The van der Waals surface area contributed by atoms with Crippen molar-refractivity contribution in [3.8, 4) is 23.0 Å². The Morgan fingerprint density at radius 1 is 1.14 bits per heavy atom. The summed E-state index contributed by atoms with van der Waals surface area (Å²) in [7, 11) is 0. The van der Waals surface area contributed by atoms with Gasteiger partial charge in [-0.1, -0.05) is 41.4 Å². The zero-order chi connectivity index (χ0) is 24.8. The molecule has 0 amide bonds. The van der Waals surface area contributed by atoms with E-state index in [9.17, 15) is 5.11 Å². The number of fused-ring (bicyclic) bond motifs is 1. The Morgan fingerprint density at radius 2 is 1.94 bits per heavy atom. The molecule has 0 spiro atoms. The highest BCUT2D eigenvalue weighted by molar-refractivity contribution is 6.33. The third kappa shape index (κ3) is 5.26. The molecule has 1 aliphatic rings. The Morgan fingerprint density at radius 3 is 2.63 bits per heavy atom.